The van der Waals surface area contributed by atoms with E-state index in [4.69, 9.17) is 0 Å². The van der Waals surface area contributed by atoms with Crippen molar-refractivity contribution in [3.8, 4) is 0 Å². The third kappa shape index (κ3) is 5.27. The first-order valence-corrected chi connectivity index (χ1v) is 10.0. The average Bonchev–Trinajstić information content (AvgIpc) is 3.16. The molecule has 2 aromatic rings. The van der Waals surface area contributed by atoms with E-state index < -0.39 is 24.4 Å². The molecule has 2 aromatic heterocycles. The normalized spacial score (nSPS) is 18.9. The second-order valence-electron chi connectivity index (χ2n) is 7.44. The van der Waals surface area contributed by atoms with Crippen molar-refractivity contribution >= 4 is 21.8 Å². The summed E-state index contributed by atoms with van der Waals surface area (Å²) >= 11 is 3.25. The number of aromatic nitrogens is 4. The quantitative estimate of drug-likeness (QED) is 0.667. The predicted molar refractivity (Wildman–Crippen MR) is 103 cm³/mol. The molecule has 1 aliphatic carbocycles. The van der Waals surface area contributed by atoms with Crippen LogP contribution in [0.2, 0.25) is 0 Å². The van der Waals surface area contributed by atoms with Crippen molar-refractivity contribution in [1.82, 2.24) is 24.9 Å². The number of pyridine rings is 1. The minimum Gasteiger partial charge on any atom is -0.383 e. The standard InChI is InChI=1S/C18H22BrF2N5O3/c1-12(8-22-15(27)11-25-9-13(19)2-3-16(25)28)26-10-14(23-24-26)17(29)4-6-18(20,21)7-5-17/h2-3,9-10,12,29H,4-8,11H2,1H3,(H,22,27). The lowest BCUT2D eigenvalue weighted by Gasteiger charge is -2.34. The zero-order valence-corrected chi connectivity index (χ0v) is 17.4. The van der Waals surface area contributed by atoms with E-state index >= 15 is 0 Å². The average molecular weight is 474 g/mol. The van der Waals surface area contributed by atoms with E-state index in [1.54, 1.807) is 13.0 Å². The Labute approximate surface area is 174 Å². The highest BCUT2D eigenvalue weighted by Gasteiger charge is 2.44. The molecule has 2 N–H and O–H groups in total. The number of nitrogens with zero attached hydrogens (tertiary/aromatic N) is 4. The van der Waals surface area contributed by atoms with Gasteiger partial charge in [0.1, 0.15) is 17.8 Å². The van der Waals surface area contributed by atoms with Gasteiger partial charge in [0.15, 0.2) is 0 Å². The number of rotatable bonds is 6. The third-order valence-corrected chi connectivity index (χ3v) is 5.57. The third-order valence-electron chi connectivity index (χ3n) is 5.10. The Morgan fingerprint density at radius 1 is 1.31 bits per heavy atom. The maximum Gasteiger partial charge on any atom is 0.251 e. The Morgan fingerprint density at radius 2 is 2.00 bits per heavy atom. The van der Waals surface area contributed by atoms with E-state index in [2.05, 4.69) is 31.6 Å². The molecule has 0 aliphatic heterocycles. The van der Waals surface area contributed by atoms with Gasteiger partial charge in [0, 0.05) is 36.1 Å². The van der Waals surface area contributed by atoms with Crippen LogP contribution in [-0.2, 0) is 16.9 Å². The number of aliphatic hydroxyl groups is 1. The molecule has 11 heteroatoms. The summed E-state index contributed by atoms with van der Waals surface area (Å²) in [6, 6.07) is 2.68. The summed E-state index contributed by atoms with van der Waals surface area (Å²) in [6.45, 7) is 1.89. The minimum absolute atomic E-state index is 0.0782. The first-order valence-electron chi connectivity index (χ1n) is 9.23. The number of alkyl halides is 2. The van der Waals surface area contributed by atoms with Crippen LogP contribution in [0.3, 0.4) is 0 Å². The molecule has 1 atom stereocenters. The fourth-order valence-electron chi connectivity index (χ4n) is 3.18. The highest BCUT2D eigenvalue weighted by molar-refractivity contribution is 9.10. The zero-order chi connectivity index (χ0) is 21.2. The van der Waals surface area contributed by atoms with Crippen LogP contribution in [0, 0.1) is 0 Å². The van der Waals surface area contributed by atoms with E-state index in [-0.39, 0.29) is 49.1 Å². The van der Waals surface area contributed by atoms with Crippen molar-refractivity contribution in [2.24, 2.45) is 0 Å². The Hall–Kier alpha value is -2.14. The van der Waals surface area contributed by atoms with Gasteiger partial charge in [-0.1, -0.05) is 5.21 Å². The van der Waals surface area contributed by atoms with Gasteiger partial charge in [-0.3, -0.25) is 9.59 Å². The second-order valence-corrected chi connectivity index (χ2v) is 8.35. The molecule has 0 saturated heterocycles. The van der Waals surface area contributed by atoms with Gasteiger partial charge in [0.2, 0.25) is 11.8 Å². The van der Waals surface area contributed by atoms with Crippen LogP contribution in [-0.4, -0.2) is 43.0 Å². The molecule has 0 radical (unpaired) electrons. The molecule has 1 unspecified atom stereocenters. The van der Waals surface area contributed by atoms with E-state index in [0.717, 1.165) is 0 Å². The number of carbonyl (C=O) groups excluding carboxylic acids is 1. The van der Waals surface area contributed by atoms with Gasteiger partial charge in [-0.25, -0.2) is 13.5 Å². The van der Waals surface area contributed by atoms with E-state index in [0.29, 0.717) is 4.47 Å². The van der Waals surface area contributed by atoms with Gasteiger partial charge in [-0.05, 0) is 41.8 Å². The lowest BCUT2D eigenvalue weighted by Crippen LogP contribution is -2.36. The zero-order valence-electron chi connectivity index (χ0n) is 15.8. The largest absolute Gasteiger partial charge is 0.383 e. The predicted octanol–water partition coefficient (Wildman–Crippen LogP) is 1.98. The first-order chi connectivity index (χ1) is 13.6. The number of halogens is 3. The molecule has 1 amide bonds. The Bertz CT molecular complexity index is 936. The molecular weight excluding hydrogens is 452 g/mol. The summed E-state index contributed by atoms with van der Waals surface area (Å²) in [4.78, 5) is 23.9. The first kappa shape index (κ1) is 21.6. The van der Waals surface area contributed by atoms with Crippen molar-refractivity contribution in [3.05, 3.63) is 45.0 Å². The molecule has 1 fully saturated rings. The number of hydrogen-bond acceptors (Lipinski definition) is 5. The van der Waals surface area contributed by atoms with Crippen LogP contribution >= 0.6 is 15.9 Å². The maximum atomic E-state index is 13.4. The van der Waals surface area contributed by atoms with E-state index in [1.165, 1.54) is 27.7 Å². The Kier molecular flexibility index (Phi) is 6.18. The molecule has 1 aliphatic rings. The smallest absolute Gasteiger partial charge is 0.251 e. The van der Waals surface area contributed by atoms with Gasteiger partial charge < -0.3 is 15.0 Å². The SMILES string of the molecule is CC(CNC(=O)Cn1cc(Br)ccc1=O)n1cc(C2(O)CCC(F)(F)CC2)nn1. The monoisotopic (exact) mass is 473 g/mol. The van der Waals surface area contributed by atoms with E-state index in [9.17, 15) is 23.5 Å². The number of nitrogens with one attached hydrogen (secondary N) is 1. The molecule has 1 saturated carbocycles. The van der Waals surface area contributed by atoms with Gasteiger partial charge >= 0.3 is 0 Å². The van der Waals surface area contributed by atoms with Crippen LogP contribution < -0.4 is 10.9 Å². The van der Waals surface area contributed by atoms with Crippen molar-refractivity contribution in [2.75, 3.05) is 6.54 Å². The summed E-state index contributed by atoms with van der Waals surface area (Å²) in [5.74, 6) is -3.10. The van der Waals surface area contributed by atoms with Crippen molar-refractivity contribution in [1.29, 1.82) is 0 Å². The van der Waals surface area contributed by atoms with Gasteiger partial charge in [-0.2, -0.15) is 0 Å². The number of hydrogen-bond donors (Lipinski definition) is 2. The van der Waals surface area contributed by atoms with Crippen LogP contribution in [0.5, 0.6) is 0 Å². The summed E-state index contributed by atoms with van der Waals surface area (Å²) in [6.07, 6.45) is 2.12. The molecule has 29 heavy (non-hydrogen) atoms. The van der Waals surface area contributed by atoms with Crippen LogP contribution in [0.1, 0.15) is 44.3 Å². The van der Waals surface area contributed by atoms with Gasteiger partial charge in [0.25, 0.3) is 5.56 Å². The van der Waals surface area contributed by atoms with E-state index in [1.807, 2.05) is 0 Å². The van der Waals surface area contributed by atoms with Gasteiger partial charge in [0.05, 0.1) is 12.2 Å². The fourth-order valence-corrected chi connectivity index (χ4v) is 3.56. The number of amides is 1. The molecular formula is C18H22BrF2N5O3. The van der Waals surface area contributed by atoms with Crippen molar-refractivity contribution in [3.63, 3.8) is 0 Å². The van der Waals surface area contributed by atoms with Crippen LogP contribution in [0.15, 0.2) is 33.8 Å². The summed E-state index contributed by atoms with van der Waals surface area (Å²) in [5.41, 5.74) is -1.44. The molecule has 0 aromatic carbocycles. The summed E-state index contributed by atoms with van der Waals surface area (Å²) in [7, 11) is 0. The molecule has 2 heterocycles. The summed E-state index contributed by atoms with van der Waals surface area (Å²) in [5, 5.41) is 21.3. The maximum absolute atomic E-state index is 13.4. The van der Waals surface area contributed by atoms with Gasteiger partial charge in [-0.15, -0.1) is 5.10 Å². The Balaban J connectivity index is 1.56. The lowest BCUT2D eigenvalue weighted by atomic mass is 9.81. The highest BCUT2D eigenvalue weighted by Crippen LogP contribution is 2.43. The van der Waals surface area contributed by atoms with Crippen molar-refractivity contribution in [2.45, 2.75) is 56.7 Å². The topological polar surface area (TPSA) is 102 Å². The second kappa shape index (κ2) is 8.31. The summed E-state index contributed by atoms with van der Waals surface area (Å²) < 4.78 is 30.2. The Morgan fingerprint density at radius 3 is 2.69 bits per heavy atom. The molecule has 8 nitrogen and oxygen atoms in total. The number of carbonyl (C=O) groups is 1. The van der Waals surface area contributed by atoms with Crippen molar-refractivity contribution < 1.29 is 18.7 Å². The minimum atomic E-state index is -2.75. The molecule has 0 bridgehead atoms. The highest BCUT2D eigenvalue weighted by atomic mass is 79.9. The molecule has 3 rings (SSSR count). The fraction of sp³-hybridized carbons (Fsp3) is 0.556. The molecule has 0 spiro atoms. The molecule has 158 valence electrons. The van der Waals surface area contributed by atoms with Crippen LogP contribution in [0.25, 0.3) is 0 Å². The van der Waals surface area contributed by atoms with Crippen LogP contribution in [0.4, 0.5) is 8.78 Å². The lowest BCUT2D eigenvalue weighted by molar-refractivity contribution is -0.121.